The zero-order chi connectivity index (χ0) is 16.5. The Labute approximate surface area is 143 Å². The third kappa shape index (κ3) is 2.81. The molecule has 0 N–H and O–H groups in total. The third-order valence-corrected chi connectivity index (χ3v) is 5.63. The molecule has 0 aliphatic carbocycles. The summed E-state index contributed by atoms with van der Waals surface area (Å²) < 4.78 is 1.99. The van der Waals surface area contributed by atoms with Crippen LogP contribution in [0.3, 0.4) is 0 Å². The van der Waals surface area contributed by atoms with E-state index in [9.17, 15) is 4.79 Å². The van der Waals surface area contributed by atoms with Crippen molar-refractivity contribution in [3.63, 3.8) is 0 Å². The lowest BCUT2D eigenvalue weighted by atomic mass is 10.0. The van der Waals surface area contributed by atoms with Gasteiger partial charge in [0.2, 0.25) is 5.91 Å². The van der Waals surface area contributed by atoms with E-state index in [2.05, 4.69) is 21.7 Å². The molecule has 0 saturated carbocycles. The topological polar surface area (TPSA) is 40.9 Å². The van der Waals surface area contributed by atoms with Gasteiger partial charge in [-0.05, 0) is 50.9 Å². The van der Waals surface area contributed by atoms with Crippen molar-refractivity contribution >= 4 is 11.6 Å². The number of nitrogens with zero attached hydrogens (tertiary/aromatic N) is 4. The fourth-order valence-corrected chi connectivity index (χ4v) is 4.51. The van der Waals surface area contributed by atoms with Crippen molar-refractivity contribution in [2.45, 2.75) is 51.1 Å². The molecule has 0 unspecified atom stereocenters. The van der Waals surface area contributed by atoms with Crippen LogP contribution in [0.15, 0.2) is 30.6 Å². The normalized spacial score (nSPS) is 25.0. The summed E-state index contributed by atoms with van der Waals surface area (Å²) in [6, 6.07) is 6.89. The summed E-state index contributed by atoms with van der Waals surface area (Å²) in [6.45, 7) is 5.42. The molecule has 2 aliphatic rings. The fourth-order valence-electron chi connectivity index (χ4n) is 4.51. The van der Waals surface area contributed by atoms with Gasteiger partial charge in [0.05, 0.1) is 12.1 Å². The van der Waals surface area contributed by atoms with Crippen molar-refractivity contribution in [2.75, 3.05) is 19.6 Å². The van der Waals surface area contributed by atoms with Crippen LogP contribution in [-0.4, -0.2) is 56.8 Å². The number of carbonyl (C=O) groups excluding carboxylic acids is 1. The molecular formula is C19H26N4O. The van der Waals surface area contributed by atoms with Gasteiger partial charge in [-0.2, -0.15) is 0 Å². The van der Waals surface area contributed by atoms with Gasteiger partial charge in [-0.3, -0.25) is 9.69 Å². The maximum atomic E-state index is 12.9. The lowest BCUT2D eigenvalue weighted by Crippen LogP contribution is -2.48. The van der Waals surface area contributed by atoms with Crippen LogP contribution in [0.2, 0.25) is 0 Å². The number of likely N-dealkylation sites (tertiary alicyclic amines) is 2. The van der Waals surface area contributed by atoms with Crippen LogP contribution >= 0.6 is 0 Å². The lowest BCUT2D eigenvalue weighted by molar-refractivity contribution is -0.132. The molecule has 2 aliphatic heterocycles. The van der Waals surface area contributed by atoms with E-state index >= 15 is 0 Å². The summed E-state index contributed by atoms with van der Waals surface area (Å²) in [4.78, 5) is 22.2. The predicted octanol–water partition coefficient (Wildman–Crippen LogP) is 2.35. The first kappa shape index (κ1) is 15.6. The number of aromatic nitrogens is 2. The average Bonchev–Trinajstić information content (AvgIpc) is 3.31. The molecule has 2 aromatic rings. The standard InChI is InChI=1S/C19H26N4O/c1-2-21-11-5-7-16(21)17-8-6-12-23(17)19(24)13-15-14-22-10-4-3-9-18(22)20-15/h3-4,9-10,14,16-17H,2,5-8,11-13H2,1H3/t16-,17-/m0/s1. The zero-order valence-electron chi connectivity index (χ0n) is 14.4. The average molecular weight is 326 g/mol. The molecule has 0 radical (unpaired) electrons. The summed E-state index contributed by atoms with van der Waals surface area (Å²) in [6.07, 6.45) is 9.16. The number of hydrogen-bond donors (Lipinski definition) is 0. The number of imidazole rings is 1. The molecule has 2 fully saturated rings. The molecule has 2 aromatic heterocycles. The Morgan fingerprint density at radius 2 is 2.04 bits per heavy atom. The summed E-state index contributed by atoms with van der Waals surface area (Å²) >= 11 is 0. The fraction of sp³-hybridized carbons (Fsp3) is 0.579. The molecule has 128 valence electrons. The van der Waals surface area contributed by atoms with Crippen LogP contribution in [0.25, 0.3) is 5.65 Å². The number of amides is 1. The van der Waals surface area contributed by atoms with Crippen LogP contribution in [0.1, 0.15) is 38.3 Å². The van der Waals surface area contributed by atoms with E-state index in [1.165, 1.54) is 19.4 Å². The molecule has 5 nitrogen and oxygen atoms in total. The van der Waals surface area contributed by atoms with E-state index in [1.54, 1.807) is 0 Å². The van der Waals surface area contributed by atoms with E-state index < -0.39 is 0 Å². The molecule has 0 bridgehead atoms. The SMILES string of the molecule is CCN1CCC[C@H]1[C@@H]1CCCN1C(=O)Cc1cn2ccccc2n1. The first-order chi connectivity index (χ1) is 11.8. The van der Waals surface area contributed by atoms with Crippen LogP contribution < -0.4 is 0 Å². The van der Waals surface area contributed by atoms with Crippen LogP contribution in [0.4, 0.5) is 0 Å². The van der Waals surface area contributed by atoms with Gasteiger partial charge in [0.15, 0.2) is 0 Å². The third-order valence-electron chi connectivity index (χ3n) is 5.63. The number of hydrogen-bond acceptors (Lipinski definition) is 3. The van der Waals surface area contributed by atoms with Crippen molar-refractivity contribution in [2.24, 2.45) is 0 Å². The molecule has 2 saturated heterocycles. The maximum Gasteiger partial charge on any atom is 0.228 e. The lowest BCUT2D eigenvalue weighted by Gasteiger charge is -2.34. The van der Waals surface area contributed by atoms with Crippen LogP contribution in [0, 0.1) is 0 Å². The minimum Gasteiger partial charge on any atom is -0.338 e. The van der Waals surface area contributed by atoms with Crippen LogP contribution in [0.5, 0.6) is 0 Å². The molecule has 0 spiro atoms. The van der Waals surface area contributed by atoms with Crippen LogP contribution in [-0.2, 0) is 11.2 Å². The molecule has 1 amide bonds. The molecular weight excluding hydrogens is 300 g/mol. The molecule has 5 heteroatoms. The number of likely N-dealkylation sites (N-methyl/N-ethyl adjacent to an activating group) is 1. The summed E-state index contributed by atoms with van der Waals surface area (Å²) in [7, 11) is 0. The van der Waals surface area contributed by atoms with Gasteiger partial charge in [-0.1, -0.05) is 13.0 Å². The van der Waals surface area contributed by atoms with Gasteiger partial charge in [-0.15, -0.1) is 0 Å². The minimum absolute atomic E-state index is 0.240. The van der Waals surface area contributed by atoms with Crippen molar-refractivity contribution in [1.29, 1.82) is 0 Å². The number of carbonyl (C=O) groups is 1. The number of rotatable bonds is 4. The van der Waals surface area contributed by atoms with E-state index in [1.807, 2.05) is 35.0 Å². The quantitative estimate of drug-likeness (QED) is 0.866. The Hall–Kier alpha value is -1.88. The monoisotopic (exact) mass is 326 g/mol. The number of pyridine rings is 1. The smallest absolute Gasteiger partial charge is 0.228 e. The molecule has 0 aromatic carbocycles. The summed E-state index contributed by atoms with van der Waals surface area (Å²) in [5.74, 6) is 0.240. The van der Waals surface area contributed by atoms with Crippen molar-refractivity contribution < 1.29 is 4.79 Å². The molecule has 4 heterocycles. The maximum absolute atomic E-state index is 12.9. The van der Waals surface area contributed by atoms with Gasteiger partial charge < -0.3 is 9.30 Å². The summed E-state index contributed by atoms with van der Waals surface area (Å²) in [5.41, 5.74) is 1.78. The van der Waals surface area contributed by atoms with E-state index in [0.29, 0.717) is 18.5 Å². The molecule has 4 rings (SSSR count). The second-order valence-corrected chi connectivity index (χ2v) is 7.01. The molecule has 2 atom stereocenters. The first-order valence-electron chi connectivity index (χ1n) is 9.22. The van der Waals surface area contributed by atoms with Gasteiger partial charge >= 0.3 is 0 Å². The predicted molar refractivity (Wildman–Crippen MR) is 93.9 cm³/mol. The minimum atomic E-state index is 0.240. The van der Waals surface area contributed by atoms with E-state index in [4.69, 9.17) is 0 Å². The summed E-state index contributed by atoms with van der Waals surface area (Å²) in [5, 5.41) is 0. The highest BCUT2D eigenvalue weighted by Gasteiger charge is 2.39. The second kappa shape index (κ2) is 6.55. The second-order valence-electron chi connectivity index (χ2n) is 7.01. The highest BCUT2D eigenvalue weighted by Crippen LogP contribution is 2.30. The van der Waals surface area contributed by atoms with Gasteiger partial charge in [-0.25, -0.2) is 4.98 Å². The molecule has 24 heavy (non-hydrogen) atoms. The Kier molecular flexibility index (Phi) is 4.27. The Morgan fingerprint density at radius 3 is 2.88 bits per heavy atom. The Morgan fingerprint density at radius 1 is 1.21 bits per heavy atom. The highest BCUT2D eigenvalue weighted by atomic mass is 16.2. The highest BCUT2D eigenvalue weighted by molar-refractivity contribution is 5.79. The number of fused-ring (bicyclic) bond motifs is 1. The van der Waals surface area contributed by atoms with Crippen molar-refractivity contribution in [1.82, 2.24) is 19.2 Å². The van der Waals surface area contributed by atoms with Gasteiger partial charge in [0.25, 0.3) is 0 Å². The van der Waals surface area contributed by atoms with E-state index in [0.717, 1.165) is 37.3 Å². The van der Waals surface area contributed by atoms with E-state index in [-0.39, 0.29) is 5.91 Å². The van der Waals surface area contributed by atoms with Gasteiger partial charge in [0.1, 0.15) is 5.65 Å². The van der Waals surface area contributed by atoms with Gasteiger partial charge in [0, 0.05) is 31.0 Å². The zero-order valence-corrected chi connectivity index (χ0v) is 14.4. The Bertz CT molecular complexity index is 692. The Balaban J connectivity index is 1.48. The largest absolute Gasteiger partial charge is 0.338 e. The van der Waals surface area contributed by atoms with Crippen molar-refractivity contribution in [3.05, 3.63) is 36.3 Å². The van der Waals surface area contributed by atoms with Crippen molar-refractivity contribution in [3.8, 4) is 0 Å². The first-order valence-corrected chi connectivity index (χ1v) is 9.22.